The molecule has 0 unspecified atom stereocenters. The van der Waals surface area contributed by atoms with Crippen LogP contribution in [-0.2, 0) is 11.2 Å². The zero-order chi connectivity index (χ0) is 14.3. The van der Waals surface area contributed by atoms with Gasteiger partial charge in [-0.3, -0.25) is 0 Å². The van der Waals surface area contributed by atoms with Gasteiger partial charge in [-0.25, -0.2) is 4.79 Å². The molecule has 0 aliphatic rings. The Morgan fingerprint density at radius 2 is 2.05 bits per heavy atom. The second kappa shape index (κ2) is 7.62. The van der Waals surface area contributed by atoms with E-state index in [9.17, 15) is 4.79 Å². The van der Waals surface area contributed by atoms with E-state index in [4.69, 9.17) is 9.84 Å². The summed E-state index contributed by atoms with van der Waals surface area (Å²) in [5.74, 6) is -0.0475. The summed E-state index contributed by atoms with van der Waals surface area (Å²) < 4.78 is 5.49. The molecule has 0 fully saturated rings. The molecule has 0 spiro atoms. The molecule has 19 heavy (non-hydrogen) atoms. The molecule has 3 nitrogen and oxygen atoms in total. The van der Waals surface area contributed by atoms with Crippen molar-refractivity contribution in [3.63, 3.8) is 0 Å². The summed E-state index contributed by atoms with van der Waals surface area (Å²) in [6.45, 7) is 6.70. The van der Waals surface area contributed by atoms with Crippen molar-refractivity contribution in [2.24, 2.45) is 0 Å². The maximum atomic E-state index is 10.9. The maximum absolute atomic E-state index is 10.9. The minimum atomic E-state index is -0.889. The van der Waals surface area contributed by atoms with Crippen molar-refractivity contribution in [1.29, 1.82) is 0 Å². The van der Waals surface area contributed by atoms with Crippen LogP contribution in [0.5, 0.6) is 5.75 Å². The highest BCUT2D eigenvalue weighted by Crippen LogP contribution is 2.27. The number of aliphatic carboxylic acids is 1. The van der Waals surface area contributed by atoms with Crippen molar-refractivity contribution in [2.75, 3.05) is 6.61 Å². The standard InChI is InChI=1S/C16H22O3/c1-4-7-13(11-16(17)18)15-9-8-14(19-6-3)10-12(15)5-2/h8-11H,4-7H2,1-3H3,(H,17,18)/b13-11+. The van der Waals surface area contributed by atoms with E-state index in [2.05, 4.69) is 13.8 Å². The van der Waals surface area contributed by atoms with Crippen LogP contribution < -0.4 is 4.74 Å². The van der Waals surface area contributed by atoms with Gasteiger partial charge in [0.2, 0.25) is 0 Å². The van der Waals surface area contributed by atoms with Gasteiger partial charge in [0, 0.05) is 6.08 Å². The summed E-state index contributed by atoms with van der Waals surface area (Å²) in [6.07, 6.45) is 3.87. The van der Waals surface area contributed by atoms with Gasteiger partial charge >= 0.3 is 5.97 Å². The highest BCUT2D eigenvalue weighted by Gasteiger charge is 2.09. The van der Waals surface area contributed by atoms with Crippen LogP contribution in [0.4, 0.5) is 0 Å². The number of carboxylic acids is 1. The highest BCUT2D eigenvalue weighted by atomic mass is 16.5. The van der Waals surface area contributed by atoms with Crippen LogP contribution >= 0.6 is 0 Å². The number of hydrogen-bond acceptors (Lipinski definition) is 2. The maximum Gasteiger partial charge on any atom is 0.328 e. The first kappa shape index (κ1) is 15.3. The highest BCUT2D eigenvalue weighted by molar-refractivity contribution is 5.90. The number of hydrogen-bond donors (Lipinski definition) is 1. The van der Waals surface area contributed by atoms with Crippen LogP contribution in [0.25, 0.3) is 5.57 Å². The van der Waals surface area contributed by atoms with Gasteiger partial charge in [0.1, 0.15) is 5.75 Å². The summed E-state index contributed by atoms with van der Waals surface area (Å²) in [6, 6.07) is 5.88. The molecule has 104 valence electrons. The Labute approximate surface area is 114 Å². The van der Waals surface area contributed by atoms with E-state index >= 15 is 0 Å². The van der Waals surface area contributed by atoms with Gasteiger partial charge in [-0.1, -0.05) is 26.3 Å². The zero-order valence-electron chi connectivity index (χ0n) is 11.9. The summed E-state index contributed by atoms with van der Waals surface area (Å²) in [4.78, 5) is 10.9. The van der Waals surface area contributed by atoms with E-state index in [0.29, 0.717) is 6.61 Å². The summed E-state index contributed by atoms with van der Waals surface area (Å²) in [5.41, 5.74) is 3.04. The van der Waals surface area contributed by atoms with Crippen molar-refractivity contribution >= 4 is 11.5 Å². The normalized spacial score (nSPS) is 11.4. The molecule has 0 saturated carbocycles. The number of carbonyl (C=O) groups is 1. The summed E-state index contributed by atoms with van der Waals surface area (Å²) in [5, 5.41) is 8.97. The molecular formula is C16H22O3. The largest absolute Gasteiger partial charge is 0.494 e. The topological polar surface area (TPSA) is 46.5 Å². The number of rotatable bonds is 7. The molecule has 0 aliphatic heterocycles. The lowest BCUT2D eigenvalue weighted by Gasteiger charge is -2.13. The predicted octanol–water partition coefficient (Wildman–Crippen LogP) is 3.92. The van der Waals surface area contributed by atoms with Gasteiger partial charge in [0.25, 0.3) is 0 Å². The Morgan fingerprint density at radius 1 is 1.32 bits per heavy atom. The van der Waals surface area contributed by atoms with Crippen molar-refractivity contribution in [3.8, 4) is 5.75 Å². The Kier molecular flexibility index (Phi) is 6.13. The number of benzene rings is 1. The molecule has 1 aromatic rings. The fourth-order valence-corrected chi connectivity index (χ4v) is 2.14. The molecule has 0 atom stereocenters. The van der Waals surface area contributed by atoms with E-state index in [1.807, 2.05) is 25.1 Å². The minimum absolute atomic E-state index is 0.634. The number of allylic oxidation sites excluding steroid dienone is 1. The molecule has 0 heterocycles. The average molecular weight is 262 g/mol. The first-order chi connectivity index (χ1) is 9.12. The van der Waals surface area contributed by atoms with Gasteiger partial charge in [-0.2, -0.15) is 0 Å². The SMILES string of the molecule is CCC/C(=C\C(=O)O)c1ccc(OCC)cc1CC. The van der Waals surface area contributed by atoms with E-state index < -0.39 is 5.97 Å². The van der Waals surface area contributed by atoms with Crippen LogP contribution in [0.1, 0.15) is 44.7 Å². The molecule has 0 aromatic heterocycles. The Hall–Kier alpha value is -1.77. The molecule has 0 aliphatic carbocycles. The third-order valence-corrected chi connectivity index (χ3v) is 2.93. The lowest BCUT2D eigenvalue weighted by atomic mass is 9.94. The molecule has 0 saturated heterocycles. The van der Waals surface area contributed by atoms with Crippen LogP contribution in [0, 0.1) is 0 Å². The third-order valence-electron chi connectivity index (χ3n) is 2.93. The fraction of sp³-hybridized carbons (Fsp3) is 0.438. The molecule has 1 aromatic carbocycles. The number of ether oxygens (including phenoxy) is 1. The monoisotopic (exact) mass is 262 g/mol. The molecule has 1 N–H and O–H groups in total. The molecule has 0 bridgehead atoms. The van der Waals surface area contributed by atoms with Gasteiger partial charge < -0.3 is 9.84 Å². The van der Waals surface area contributed by atoms with E-state index in [1.54, 1.807) is 0 Å². The number of aryl methyl sites for hydroxylation is 1. The first-order valence-electron chi connectivity index (χ1n) is 6.81. The van der Waals surface area contributed by atoms with Crippen LogP contribution in [0.2, 0.25) is 0 Å². The average Bonchev–Trinajstić information content (AvgIpc) is 2.38. The lowest BCUT2D eigenvalue weighted by Crippen LogP contribution is -1.99. The second-order valence-corrected chi connectivity index (χ2v) is 4.36. The quantitative estimate of drug-likeness (QED) is 0.758. The van der Waals surface area contributed by atoms with Crippen LogP contribution in [-0.4, -0.2) is 17.7 Å². The molecule has 3 heteroatoms. The van der Waals surface area contributed by atoms with Crippen molar-refractivity contribution in [2.45, 2.75) is 40.0 Å². The smallest absolute Gasteiger partial charge is 0.328 e. The van der Waals surface area contributed by atoms with Crippen molar-refractivity contribution < 1.29 is 14.6 Å². The minimum Gasteiger partial charge on any atom is -0.494 e. The summed E-state index contributed by atoms with van der Waals surface area (Å²) >= 11 is 0. The molecule has 0 radical (unpaired) electrons. The van der Waals surface area contributed by atoms with Gasteiger partial charge in [0.15, 0.2) is 0 Å². The summed E-state index contributed by atoms with van der Waals surface area (Å²) in [7, 11) is 0. The number of carboxylic acid groups (broad SMARTS) is 1. The van der Waals surface area contributed by atoms with Gasteiger partial charge in [-0.15, -0.1) is 0 Å². The third kappa shape index (κ3) is 4.43. The Balaban J connectivity index is 3.19. The molecule has 1 rings (SSSR count). The fourth-order valence-electron chi connectivity index (χ4n) is 2.14. The van der Waals surface area contributed by atoms with Crippen LogP contribution in [0.15, 0.2) is 24.3 Å². The predicted molar refractivity (Wildman–Crippen MR) is 77.5 cm³/mol. The zero-order valence-corrected chi connectivity index (χ0v) is 11.9. The molecular weight excluding hydrogens is 240 g/mol. The second-order valence-electron chi connectivity index (χ2n) is 4.36. The van der Waals surface area contributed by atoms with Crippen molar-refractivity contribution in [1.82, 2.24) is 0 Å². The Bertz CT molecular complexity index is 461. The van der Waals surface area contributed by atoms with E-state index in [-0.39, 0.29) is 0 Å². The van der Waals surface area contributed by atoms with Gasteiger partial charge in [0.05, 0.1) is 6.61 Å². The van der Waals surface area contributed by atoms with E-state index in [1.165, 1.54) is 6.08 Å². The van der Waals surface area contributed by atoms with Crippen molar-refractivity contribution in [3.05, 3.63) is 35.4 Å². The van der Waals surface area contributed by atoms with Gasteiger partial charge in [-0.05, 0) is 48.6 Å². The van der Waals surface area contributed by atoms with Crippen LogP contribution in [0.3, 0.4) is 0 Å². The Morgan fingerprint density at radius 3 is 2.58 bits per heavy atom. The lowest BCUT2D eigenvalue weighted by molar-refractivity contribution is -0.131. The van der Waals surface area contributed by atoms with E-state index in [0.717, 1.165) is 41.7 Å². The molecule has 0 amide bonds. The first-order valence-corrected chi connectivity index (χ1v) is 6.81.